The Morgan fingerprint density at radius 3 is 2.58 bits per heavy atom. The number of aryl methyl sites for hydroxylation is 1. The molecule has 0 radical (unpaired) electrons. The molecule has 0 aliphatic carbocycles. The van der Waals surface area contributed by atoms with Crippen LogP contribution in [0.3, 0.4) is 0 Å². The van der Waals surface area contributed by atoms with Gasteiger partial charge in [0.2, 0.25) is 0 Å². The molecular weight excluding hydrogens is 299 g/mol. The van der Waals surface area contributed by atoms with E-state index in [1.54, 1.807) is 12.1 Å². The molecule has 0 spiro atoms. The summed E-state index contributed by atoms with van der Waals surface area (Å²) in [5, 5.41) is 0. The number of benzene rings is 2. The van der Waals surface area contributed by atoms with E-state index >= 15 is 0 Å². The van der Waals surface area contributed by atoms with Gasteiger partial charge in [0.1, 0.15) is 11.5 Å². The molecule has 4 aromatic rings. The minimum absolute atomic E-state index is 0.209. The number of hydrogen-bond acceptors (Lipinski definition) is 1. The minimum Gasteiger partial charge on any atom is -0.303 e. The monoisotopic (exact) mass is 316 g/mol. The second-order valence-electron chi connectivity index (χ2n) is 6.01. The quantitative estimate of drug-likeness (QED) is 0.517. The van der Waals surface area contributed by atoms with E-state index in [1.807, 2.05) is 30.3 Å². The maximum absolute atomic E-state index is 13.6. The molecule has 4 rings (SSSR count). The predicted molar refractivity (Wildman–Crippen MR) is 94.6 cm³/mol. The van der Waals surface area contributed by atoms with Gasteiger partial charge in [0.05, 0.1) is 11.4 Å². The Bertz CT molecular complexity index is 1000. The minimum atomic E-state index is -0.209. The zero-order valence-corrected chi connectivity index (χ0v) is 13.4. The summed E-state index contributed by atoms with van der Waals surface area (Å²) in [6.07, 6.45) is 2.72. The molecule has 0 unspecified atom stereocenters. The van der Waals surface area contributed by atoms with Gasteiger partial charge in [0.15, 0.2) is 0 Å². The first-order chi connectivity index (χ1) is 11.7. The van der Waals surface area contributed by atoms with Crippen molar-refractivity contribution in [1.29, 1.82) is 0 Å². The lowest BCUT2D eigenvalue weighted by atomic mass is 10.0. The summed E-state index contributed by atoms with van der Waals surface area (Å²) in [5.41, 5.74) is 6.11. The highest BCUT2D eigenvalue weighted by Crippen LogP contribution is 2.27. The zero-order chi connectivity index (χ0) is 16.5. The molecule has 0 aliphatic heterocycles. The molecule has 0 N–H and O–H groups in total. The highest BCUT2D eigenvalue weighted by molar-refractivity contribution is 5.67. The van der Waals surface area contributed by atoms with Crippen molar-refractivity contribution in [3.63, 3.8) is 0 Å². The maximum atomic E-state index is 13.6. The number of fused-ring (bicyclic) bond motifs is 1. The summed E-state index contributed by atoms with van der Waals surface area (Å²) in [5.74, 6) is -0.209. The Kier molecular flexibility index (Phi) is 3.62. The molecule has 0 bridgehead atoms. The van der Waals surface area contributed by atoms with Crippen LogP contribution in [0.5, 0.6) is 0 Å². The van der Waals surface area contributed by atoms with Crippen LogP contribution in [0.2, 0.25) is 0 Å². The van der Waals surface area contributed by atoms with Crippen LogP contribution in [0.4, 0.5) is 4.39 Å². The van der Waals surface area contributed by atoms with Crippen molar-refractivity contribution in [2.45, 2.75) is 13.3 Å². The van der Waals surface area contributed by atoms with Gasteiger partial charge in [0, 0.05) is 18.2 Å². The van der Waals surface area contributed by atoms with Crippen LogP contribution in [-0.4, -0.2) is 9.38 Å². The van der Waals surface area contributed by atoms with E-state index < -0.39 is 0 Å². The van der Waals surface area contributed by atoms with Gasteiger partial charge in [-0.2, -0.15) is 0 Å². The molecule has 0 aliphatic rings. The molecule has 0 amide bonds. The van der Waals surface area contributed by atoms with E-state index in [1.165, 1.54) is 11.6 Å². The average molecular weight is 316 g/mol. The van der Waals surface area contributed by atoms with Crippen LogP contribution >= 0.6 is 0 Å². The van der Waals surface area contributed by atoms with Crippen molar-refractivity contribution in [3.8, 4) is 11.3 Å². The Morgan fingerprint density at radius 2 is 1.79 bits per heavy atom. The maximum Gasteiger partial charge on any atom is 0.137 e. The van der Waals surface area contributed by atoms with Crippen LogP contribution in [0.15, 0.2) is 72.9 Å². The Balaban J connectivity index is 1.92. The number of imidazole rings is 1. The van der Waals surface area contributed by atoms with Crippen molar-refractivity contribution in [2.24, 2.45) is 0 Å². The third-order valence-corrected chi connectivity index (χ3v) is 4.17. The Hall–Kier alpha value is -2.94. The van der Waals surface area contributed by atoms with E-state index in [4.69, 9.17) is 4.98 Å². The second kappa shape index (κ2) is 5.93. The van der Waals surface area contributed by atoms with Crippen LogP contribution in [-0.2, 0) is 6.42 Å². The molecule has 118 valence electrons. The Labute approximate surface area is 140 Å². The SMILES string of the molecule is Cc1ccc2nc(-c3ccccc3)c(Cc3cccc(F)c3)n2c1. The molecule has 2 heterocycles. The van der Waals surface area contributed by atoms with Gasteiger partial charge < -0.3 is 4.40 Å². The number of halogens is 1. The lowest BCUT2D eigenvalue weighted by Crippen LogP contribution is -1.97. The first kappa shape index (κ1) is 14.6. The molecule has 0 saturated carbocycles. The molecule has 2 aromatic heterocycles. The van der Waals surface area contributed by atoms with Crippen LogP contribution in [0.1, 0.15) is 16.8 Å². The van der Waals surface area contributed by atoms with Crippen molar-refractivity contribution in [3.05, 3.63) is 95.6 Å². The molecule has 0 saturated heterocycles. The predicted octanol–water partition coefficient (Wildman–Crippen LogP) is 5.04. The van der Waals surface area contributed by atoms with E-state index in [0.29, 0.717) is 6.42 Å². The normalized spacial score (nSPS) is 11.1. The number of aromatic nitrogens is 2. The summed E-state index contributed by atoms with van der Waals surface area (Å²) in [7, 11) is 0. The fraction of sp³-hybridized carbons (Fsp3) is 0.0952. The number of pyridine rings is 1. The summed E-state index contributed by atoms with van der Waals surface area (Å²) >= 11 is 0. The van der Waals surface area contributed by atoms with Gasteiger partial charge in [-0.1, -0.05) is 48.5 Å². The van der Waals surface area contributed by atoms with Crippen LogP contribution in [0.25, 0.3) is 16.9 Å². The molecule has 2 aromatic carbocycles. The largest absolute Gasteiger partial charge is 0.303 e. The lowest BCUT2D eigenvalue weighted by molar-refractivity contribution is 0.626. The molecule has 0 atom stereocenters. The van der Waals surface area contributed by atoms with Gasteiger partial charge in [-0.05, 0) is 36.2 Å². The molecule has 2 nitrogen and oxygen atoms in total. The number of rotatable bonds is 3. The van der Waals surface area contributed by atoms with Gasteiger partial charge in [-0.25, -0.2) is 9.37 Å². The van der Waals surface area contributed by atoms with Gasteiger partial charge in [-0.3, -0.25) is 0 Å². The first-order valence-corrected chi connectivity index (χ1v) is 7.98. The standard InChI is InChI=1S/C21H17FN2/c1-15-10-11-20-23-21(17-7-3-2-4-8-17)19(24(20)14-15)13-16-6-5-9-18(22)12-16/h2-12,14H,13H2,1H3. The smallest absolute Gasteiger partial charge is 0.137 e. The number of nitrogens with zero attached hydrogens (tertiary/aromatic N) is 2. The summed E-state index contributed by atoms with van der Waals surface area (Å²) in [4.78, 5) is 4.81. The Morgan fingerprint density at radius 1 is 0.958 bits per heavy atom. The van der Waals surface area contributed by atoms with Gasteiger partial charge in [-0.15, -0.1) is 0 Å². The van der Waals surface area contributed by atoms with Crippen molar-refractivity contribution in [2.75, 3.05) is 0 Å². The van der Waals surface area contributed by atoms with Crippen molar-refractivity contribution >= 4 is 5.65 Å². The van der Waals surface area contributed by atoms with Gasteiger partial charge >= 0.3 is 0 Å². The summed E-state index contributed by atoms with van der Waals surface area (Å²) < 4.78 is 15.7. The third-order valence-electron chi connectivity index (χ3n) is 4.17. The molecular formula is C21H17FN2. The zero-order valence-electron chi connectivity index (χ0n) is 13.4. The molecule has 0 fully saturated rings. The summed E-state index contributed by atoms with van der Waals surface area (Å²) in [6.45, 7) is 2.06. The summed E-state index contributed by atoms with van der Waals surface area (Å²) in [6, 6.07) is 21.0. The first-order valence-electron chi connectivity index (χ1n) is 7.98. The highest BCUT2D eigenvalue weighted by atomic mass is 19.1. The third kappa shape index (κ3) is 2.69. The van der Waals surface area contributed by atoms with Crippen molar-refractivity contribution in [1.82, 2.24) is 9.38 Å². The van der Waals surface area contributed by atoms with E-state index in [0.717, 1.165) is 28.2 Å². The lowest BCUT2D eigenvalue weighted by Gasteiger charge is -2.07. The fourth-order valence-electron chi connectivity index (χ4n) is 3.04. The fourth-order valence-corrected chi connectivity index (χ4v) is 3.04. The van der Waals surface area contributed by atoms with Crippen LogP contribution < -0.4 is 0 Å². The van der Waals surface area contributed by atoms with Gasteiger partial charge in [0.25, 0.3) is 0 Å². The van der Waals surface area contributed by atoms with E-state index in [2.05, 4.69) is 35.7 Å². The molecule has 3 heteroatoms. The van der Waals surface area contributed by atoms with E-state index in [-0.39, 0.29) is 5.82 Å². The van der Waals surface area contributed by atoms with Crippen molar-refractivity contribution < 1.29 is 4.39 Å². The topological polar surface area (TPSA) is 17.3 Å². The number of hydrogen-bond donors (Lipinski definition) is 0. The average Bonchev–Trinajstić information content (AvgIpc) is 2.94. The van der Waals surface area contributed by atoms with E-state index in [9.17, 15) is 4.39 Å². The van der Waals surface area contributed by atoms with Crippen LogP contribution in [0, 0.1) is 12.7 Å². The highest BCUT2D eigenvalue weighted by Gasteiger charge is 2.14. The second-order valence-corrected chi connectivity index (χ2v) is 6.01. The molecule has 24 heavy (non-hydrogen) atoms.